The molecule has 2 aliphatic rings. The van der Waals surface area contributed by atoms with Crippen molar-refractivity contribution in [1.29, 1.82) is 0 Å². The van der Waals surface area contributed by atoms with E-state index < -0.39 is 0 Å². The summed E-state index contributed by atoms with van der Waals surface area (Å²) in [6.07, 6.45) is 6.94. The van der Waals surface area contributed by atoms with Gasteiger partial charge in [-0.2, -0.15) is 11.8 Å². The van der Waals surface area contributed by atoms with E-state index in [1.54, 1.807) is 7.05 Å². The van der Waals surface area contributed by atoms with Crippen molar-refractivity contribution in [2.24, 2.45) is 10.9 Å². The smallest absolute Gasteiger partial charge is 0.227 e. The standard InChI is InChI=1S/C21H32N4OS/c1-21(11-6-12-27-21)15-24-20(22-2)23-14-16-7-5-10-18(13-16)25-19(26)17-8-3-4-9-17/h5,7,10,13,17H,3-4,6,8-9,11-12,14-15H2,1-2H3,(H,25,26)(H2,22,23,24). The van der Waals surface area contributed by atoms with Gasteiger partial charge >= 0.3 is 0 Å². The fourth-order valence-corrected chi connectivity index (χ4v) is 5.09. The van der Waals surface area contributed by atoms with Crippen LogP contribution in [-0.4, -0.2) is 36.0 Å². The molecule has 5 nitrogen and oxygen atoms in total. The molecule has 1 atom stereocenters. The van der Waals surface area contributed by atoms with E-state index in [4.69, 9.17) is 0 Å². The van der Waals surface area contributed by atoms with E-state index in [0.29, 0.717) is 11.3 Å². The lowest BCUT2D eigenvalue weighted by atomic mass is 10.1. The molecule has 0 bridgehead atoms. The van der Waals surface area contributed by atoms with Crippen molar-refractivity contribution in [1.82, 2.24) is 10.6 Å². The number of carbonyl (C=O) groups is 1. The van der Waals surface area contributed by atoms with Gasteiger partial charge in [-0.25, -0.2) is 0 Å². The van der Waals surface area contributed by atoms with Gasteiger partial charge in [0.05, 0.1) is 0 Å². The SMILES string of the molecule is CN=C(NCc1cccc(NC(=O)C2CCCC2)c1)NCC1(C)CCCS1. The van der Waals surface area contributed by atoms with Crippen LogP contribution in [0, 0.1) is 5.92 Å². The van der Waals surface area contributed by atoms with Gasteiger partial charge in [0.2, 0.25) is 5.91 Å². The summed E-state index contributed by atoms with van der Waals surface area (Å²) in [6.45, 7) is 3.92. The van der Waals surface area contributed by atoms with Crippen molar-refractivity contribution >= 4 is 29.3 Å². The number of nitrogens with zero attached hydrogens (tertiary/aromatic N) is 1. The van der Waals surface area contributed by atoms with Crippen molar-refractivity contribution in [2.75, 3.05) is 24.7 Å². The third kappa shape index (κ3) is 5.89. The number of nitrogens with one attached hydrogen (secondary N) is 3. The molecule has 0 aromatic heterocycles. The van der Waals surface area contributed by atoms with Crippen molar-refractivity contribution in [3.63, 3.8) is 0 Å². The van der Waals surface area contributed by atoms with Gasteiger partial charge in [-0.1, -0.05) is 25.0 Å². The van der Waals surface area contributed by atoms with Crippen LogP contribution in [0.25, 0.3) is 0 Å². The molecule has 1 amide bonds. The third-order valence-corrected chi connectivity index (χ3v) is 7.07. The molecule has 1 saturated heterocycles. The number of hydrogen-bond donors (Lipinski definition) is 3. The van der Waals surface area contributed by atoms with Gasteiger partial charge in [-0.3, -0.25) is 9.79 Å². The first-order valence-corrected chi connectivity index (χ1v) is 11.0. The quantitative estimate of drug-likeness (QED) is 0.513. The molecular formula is C21H32N4OS. The Hall–Kier alpha value is -1.69. The fourth-order valence-electron chi connectivity index (χ4n) is 3.84. The molecule has 27 heavy (non-hydrogen) atoms. The maximum absolute atomic E-state index is 12.3. The lowest BCUT2D eigenvalue weighted by Gasteiger charge is -2.24. The van der Waals surface area contributed by atoms with E-state index in [1.807, 2.05) is 30.0 Å². The minimum absolute atomic E-state index is 0.164. The van der Waals surface area contributed by atoms with Crippen LogP contribution in [0.4, 0.5) is 5.69 Å². The third-order valence-electron chi connectivity index (χ3n) is 5.53. The molecule has 148 valence electrons. The van der Waals surface area contributed by atoms with Gasteiger partial charge in [0.25, 0.3) is 0 Å². The maximum Gasteiger partial charge on any atom is 0.227 e. The summed E-state index contributed by atoms with van der Waals surface area (Å²) in [4.78, 5) is 16.7. The summed E-state index contributed by atoms with van der Waals surface area (Å²) >= 11 is 2.04. The normalized spacial score (nSPS) is 23.4. The van der Waals surface area contributed by atoms with Crippen LogP contribution in [0.2, 0.25) is 0 Å². The van der Waals surface area contributed by atoms with E-state index in [2.05, 4.69) is 33.9 Å². The zero-order valence-electron chi connectivity index (χ0n) is 16.5. The van der Waals surface area contributed by atoms with Crippen LogP contribution in [0.15, 0.2) is 29.3 Å². The Morgan fingerprint density at radius 3 is 2.78 bits per heavy atom. The zero-order valence-corrected chi connectivity index (χ0v) is 17.3. The second-order valence-electron chi connectivity index (χ2n) is 7.85. The number of anilines is 1. The molecule has 1 aliphatic heterocycles. The molecule has 1 aliphatic carbocycles. The van der Waals surface area contributed by atoms with Crippen LogP contribution in [-0.2, 0) is 11.3 Å². The van der Waals surface area contributed by atoms with Gasteiger partial charge in [0.1, 0.15) is 0 Å². The molecule has 2 fully saturated rings. The lowest BCUT2D eigenvalue weighted by Crippen LogP contribution is -2.43. The lowest BCUT2D eigenvalue weighted by molar-refractivity contribution is -0.119. The highest BCUT2D eigenvalue weighted by atomic mass is 32.2. The summed E-state index contributed by atoms with van der Waals surface area (Å²) in [6, 6.07) is 8.07. The number of carbonyl (C=O) groups excluding carboxylic acids is 1. The highest BCUT2D eigenvalue weighted by Gasteiger charge is 2.29. The number of guanidine groups is 1. The van der Waals surface area contributed by atoms with Gasteiger partial charge < -0.3 is 16.0 Å². The Morgan fingerprint density at radius 2 is 2.07 bits per heavy atom. The van der Waals surface area contributed by atoms with E-state index in [1.165, 1.54) is 31.4 Å². The summed E-state index contributed by atoms with van der Waals surface area (Å²) in [5.74, 6) is 2.43. The summed E-state index contributed by atoms with van der Waals surface area (Å²) in [5, 5.41) is 9.91. The molecular weight excluding hydrogens is 356 g/mol. The van der Waals surface area contributed by atoms with Crippen molar-refractivity contribution < 1.29 is 4.79 Å². The topological polar surface area (TPSA) is 65.5 Å². The molecule has 3 rings (SSSR count). The second-order valence-corrected chi connectivity index (χ2v) is 9.53. The molecule has 3 N–H and O–H groups in total. The summed E-state index contributed by atoms with van der Waals surface area (Å²) < 4.78 is 0.308. The van der Waals surface area contributed by atoms with Gasteiger partial charge in [-0.05, 0) is 56.1 Å². The van der Waals surface area contributed by atoms with Crippen LogP contribution in [0.1, 0.15) is 51.0 Å². The van der Waals surface area contributed by atoms with Gasteiger partial charge in [0.15, 0.2) is 5.96 Å². The first-order chi connectivity index (χ1) is 13.1. The average Bonchev–Trinajstić information content (AvgIpc) is 3.34. The van der Waals surface area contributed by atoms with Crippen LogP contribution >= 0.6 is 11.8 Å². The number of amides is 1. The van der Waals surface area contributed by atoms with E-state index in [-0.39, 0.29) is 11.8 Å². The fraction of sp³-hybridized carbons (Fsp3) is 0.619. The molecule has 1 unspecified atom stereocenters. The molecule has 6 heteroatoms. The van der Waals surface area contributed by atoms with Crippen LogP contribution < -0.4 is 16.0 Å². The van der Waals surface area contributed by atoms with E-state index in [0.717, 1.165) is 36.6 Å². The number of thioether (sulfide) groups is 1. The van der Waals surface area contributed by atoms with Crippen molar-refractivity contribution in [3.05, 3.63) is 29.8 Å². The highest BCUT2D eigenvalue weighted by Crippen LogP contribution is 2.36. The Labute approximate surface area is 167 Å². The van der Waals surface area contributed by atoms with E-state index in [9.17, 15) is 4.79 Å². The summed E-state index contributed by atoms with van der Waals surface area (Å²) in [5.41, 5.74) is 2.01. The molecule has 1 saturated carbocycles. The predicted molar refractivity (Wildman–Crippen MR) is 115 cm³/mol. The first kappa shape index (κ1) is 20.1. The Balaban J connectivity index is 1.48. The number of rotatable bonds is 6. The largest absolute Gasteiger partial charge is 0.355 e. The monoisotopic (exact) mass is 388 g/mol. The molecule has 0 radical (unpaired) electrons. The maximum atomic E-state index is 12.3. The van der Waals surface area contributed by atoms with Crippen molar-refractivity contribution in [2.45, 2.75) is 56.7 Å². The molecule has 1 heterocycles. The van der Waals surface area contributed by atoms with Crippen molar-refractivity contribution in [3.8, 4) is 0 Å². The zero-order chi connectivity index (χ0) is 19.1. The highest BCUT2D eigenvalue weighted by molar-refractivity contribution is 8.00. The van der Waals surface area contributed by atoms with Crippen LogP contribution in [0.3, 0.4) is 0 Å². The Bertz CT molecular complexity index is 664. The predicted octanol–water partition coefficient (Wildman–Crippen LogP) is 3.77. The minimum Gasteiger partial charge on any atom is -0.355 e. The second kappa shape index (κ2) is 9.49. The number of benzene rings is 1. The number of hydrogen-bond acceptors (Lipinski definition) is 3. The number of aliphatic imine (C=N–C) groups is 1. The van der Waals surface area contributed by atoms with E-state index >= 15 is 0 Å². The van der Waals surface area contributed by atoms with Crippen LogP contribution in [0.5, 0.6) is 0 Å². The molecule has 1 aromatic rings. The minimum atomic E-state index is 0.164. The summed E-state index contributed by atoms with van der Waals surface area (Å²) in [7, 11) is 1.80. The van der Waals surface area contributed by atoms with Gasteiger partial charge in [0, 0.05) is 36.5 Å². The molecule has 1 aromatic carbocycles. The Morgan fingerprint density at radius 1 is 1.26 bits per heavy atom. The molecule has 0 spiro atoms. The van der Waals surface area contributed by atoms with Gasteiger partial charge in [-0.15, -0.1) is 0 Å². The first-order valence-electron chi connectivity index (χ1n) is 10.1. The Kier molecular flexibility index (Phi) is 7.05. The average molecular weight is 389 g/mol.